The summed E-state index contributed by atoms with van der Waals surface area (Å²) in [4.78, 5) is 0. The third kappa shape index (κ3) is 7.29. The van der Waals surface area contributed by atoms with Crippen LogP contribution >= 0.6 is 0 Å². The molecule has 3 aromatic carbocycles. The lowest BCUT2D eigenvalue weighted by Crippen LogP contribution is -2.43. The Hall–Kier alpha value is -3.22. The normalized spacial score (nSPS) is 16.0. The van der Waals surface area contributed by atoms with Gasteiger partial charge in [0.1, 0.15) is 5.82 Å². The number of benzene rings is 3. The Morgan fingerprint density at radius 1 is 0.925 bits per heavy atom. The number of halogens is 4. The highest BCUT2D eigenvalue weighted by molar-refractivity contribution is 5.77. The third-order valence-electron chi connectivity index (χ3n) is 7.48. The summed E-state index contributed by atoms with van der Waals surface area (Å²) in [6, 6.07) is 18.7. The van der Waals surface area contributed by atoms with Crippen LogP contribution < -0.4 is 5.32 Å². The Labute approximate surface area is 234 Å². The molecule has 1 heterocycles. The van der Waals surface area contributed by atoms with E-state index in [0.717, 1.165) is 56.5 Å². The van der Waals surface area contributed by atoms with Crippen LogP contribution in [0.25, 0.3) is 16.7 Å². The summed E-state index contributed by atoms with van der Waals surface area (Å²) in [6.45, 7) is 6.14. The van der Waals surface area contributed by atoms with Crippen LogP contribution in [0.4, 0.5) is 17.6 Å². The van der Waals surface area contributed by atoms with Crippen LogP contribution in [-0.4, -0.2) is 19.7 Å². The van der Waals surface area contributed by atoms with Gasteiger partial charge in [-0.2, -0.15) is 13.2 Å². The molecule has 4 rings (SSSR count). The Morgan fingerprint density at radius 2 is 1.68 bits per heavy atom. The van der Waals surface area contributed by atoms with E-state index in [9.17, 15) is 13.2 Å². The SMILES string of the molecule is CC/C=C\C(=C/CC)c1ccc(-c2cc(COCC3(c4ccccc4)CCNCC3)cc(C(F)(F)F)c2)cc1F. The number of rotatable bonds is 10. The van der Waals surface area contributed by atoms with Crippen molar-refractivity contribution in [2.45, 2.75) is 57.7 Å². The molecular weight excluding hydrogens is 514 g/mol. The van der Waals surface area contributed by atoms with Gasteiger partial charge in [0.15, 0.2) is 0 Å². The second-order valence-corrected chi connectivity index (χ2v) is 10.4. The van der Waals surface area contributed by atoms with Crippen LogP contribution in [0, 0.1) is 5.82 Å². The summed E-state index contributed by atoms with van der Waals surface area (Å²) in [5.41, 5.74) is 2.52. The molecule has 0 radical (unpaired) electrons. The fraction of sp³-hybridized carbons (Fsp3) is 0.353. The number of piperidine rings is 1. The van der Waals surface area contributed by atoms with Gasteiger partial charge in [-0.3, -0.25) is 0 Å². The average molecular weight is 552 g/mol. The predicted molar refractivity (Wildman–Crippen MR) is 154 cm³/mol. The molecule has 0 atom stereocenters. The van der Waals surface area contributed by atoms with E-state index >= 15 is 4.39 Å². The Bertz CT molecular complexity index is 1320. The van der Waals surface area contributed by atoms with Gasteiger partial charge >= 0.3 is 6.18 Å². The van der Waals surface area contributed by atoms with E-state index in [1.165, 1.54) is 11.6 Å². The molecular formula is C34H37F4NO. The Kier molecular flexibility index (Phi) is 9.99. The van der Waals surface area contributed by atoms with Crippen molar-refractivity contribution in [3.63, 3.8) is 0 Å². The van der Waals surface area contributed by atoms with Gasteiger partial charge in [0.2, 0.25) is 0 Å². The van der Waals surface area contributed by atoms with E-state index in [0.29, 0.717) is 28.9 Å². The number of hydrogen-bond acceptors (Lipinski definition) is 2. The maximum Gasteiger partial charge on any atom is 0.416 e. The lowest BCUT2D eigenvalue weighted by Gasteiger charge is -2.38. The highest BCUT2D eigenvalue weighted by Crippen LogP contribution is 2.36. The topological polar surface area (TPSA) is 21.3 Å². The van der Waals surface area contributed by atoms with Crippen molar-refractivity contribution in [3.8, 4) is 11.1 Å². The van der Waals surface area contributed by atoms with Crippen LogP contribution in [0.3, 0.4) is 0 Å². The summed E-state index contributed by atoms with van der Waals surface area (Å²) < 4.78 is 63.0. The zero-order chi connectivity index (χ0) is 28.6. The minimum Gasteiger partial charge on any atom is -0.376 e. The molecule has 0 amide bonds. The largest absolute Gasteiger partial charge is 0.416 e. The van der Waals surface area contributed by atoms with Gasteiger partial charge in [0, 0.05) is 11.0 Å². The summed E-state index contributed by atoms with van der Waals surface area (Å²) in [5, 5.41) is 3.38. The zero-order valence-corrected chi connectivity index (χ0v) is 23.2. The molecule has 1 fully saturated rings. The zero-order valence-electron chi connectivity index (χ0n) is 23.2. The lowest BCUT2D eigenvalue weighted by atomic mass is 9.74. The molecule has 40 heavy (non-hydrogen) atoms. The maximum absolute atomic E-state index is 15.3. The first-order valence-corrected chi connectivity index (χ1v) is 14.0. The van der Waals surface area contributed by atoms with E-state index in [1.54, 1.807) is 18.2 Å². The molecule has 0 saturated carbocycles. The second-order valence-electron chi connectivity index (χ2n) is 10.4. The van der Waals surface area contributed by atoms with Gasteiger partial charge in [0.25, 0.3) is 0 Å². The first kappa shape index (κ1) is 29.8. The molecule has 1 saturated heterocycles. The summed E-state index contributed by atoms with van der Waals surface area (Å²) >= 11 is 0. The lowest BCUT2D eigenvalue weighted by molar-refractivity contribution is -0.137. The van der Waals surface area contributed by atoms with Gasteiger partial charge in [-0.25, -0.2) is 4.39 Å². The quantitative estimate of drug-likeness (QED) is 0.200. The average Bonchev–Trinajstić information content (AvgIpc) is 2.96. The number of allylic oxidation sites excluding steroid dienone is 4. The molecule has 0 aromatic heterocycles. The first-order valence-electron chi connectivity index (χ1n) is 14.0. The molecule has 1 aliphatic rings. The van der Waals surface area contributed by atoms with Crippen molar-refractivity contribution < 1.29 is 22.3 Å². The third-order valence-corrected chi connectivity index (χ3v) is 7.48. The van der Waals surface area contributed by atoms with Crippen molar-refractivity contribution >= 4 is 5.57 Å². The van der Waals surface area contributed by atoms with E-state index in [2.05, 4.69) is 17.4 Å². The molecule has 3 aromatic rings. The van der Waals surface area contributed by atoms with E-state index in [1.807, 2.05) is 50.3 Å². The fourth-order valence-corrected chi connectivity index (χ4v) is 5.34. The van der Waals surface area contributed by atoms with Crippen molar-refractivity contribution in [1.29, 1.82) is 0 Å². The highest BCUT2D eigenvalue weighted by atomic mass is 19.4. The minimum atomic E-state index is -4.54. The predicted octanol–water partition coefficient (Wildman–Crippen LogP) is 9.11. The van der Waals surface area contributed by atoms with Crippen LogP contribution in [0.1, 0.15) is 61.8 Å². The number of ether oxygens (including phenoxy) is 1. The van der Waals surface area contributed by atoms with Crippen molar-refractivity contribution in [3.05, 3.63) is 113 Å². The first-order chi connectivity index (χ1) is 19.3. The molecule has 6 heteroatoms. The van der Waals surface area contributed by atoms with Crippen LogP contribution in [-0.2, 0) is 22.9 Å². The molecule has 0 aliphatic carbocycles. The van der Waals surface area contributed by atoms with E-state index in [-0.39, 0.29) is 12.0 Å². The summed E-state index contributed by atoms with van der Waals surface area (Å²) in [7, 11) is 0. The minimum absolute atomic E-state index is 0.0324. The fourth-order valence-electron chi connectivity index (χ4n) is 5.34. The van der Waals surface area contributed by atoms with Crippen LogP contribution in [0.15, 0.2) is 85.0 Å². The maximum atomic E-state index is 15.3. The molecule has 1 N–H and O–H groups in total. The van der Waals surface area contributed by atoms with Crippen LogP contribution in [0.5, 0.6) is 0 Å². The Morgan fingerprint density at radius 3 is 2.33 bits per heavy atom. The van der Waals surface area contributed by atoms with Crippen molar-refractivity contribution in [1.82, 2.24) is 5.32 Å². The van der Waals surface area contributed by atoms with Crippen molar-refractivity contribution in [2.24, 2.45) is 0 Å². The van der Waals surface area contributed by atoms with E-state index in [4.69, 9.17) is 4.74 Å². The molecule has 1 aliphatic heterocycles. The second kappa shape index (κ2) is 13.4. The Balaban J connectivity index is 1.61. The number of hydrogen-bond donors (Lipinski definition) is 1. The molecule has 0 spiro atoms. The van der Waals surface area contributed by atoms with E-state index < -0.39 is 17.6 Å². The molecule has 0 unspecified atom stereocenters. The van der Waals surface area contributed by atoms with Gasteiger partial charge in [0.05, 0.1) is 18.8 Å². The molecule has 212 valence electrons. The summed E-state index contributed by atoms with van der Waals surface area (Å²) in [5.74, 6) is -0.469. The number of nitrogens with one attached hydrogen (secondary N) is 1. The molecule has 2 nitrogen and oxygen atoms in total. The smallest absolute Gasteiger partial charge is 0.376 e. The monoisotopic (exact) mass is 551 g/mol. The van der Waals surface area contributed by atoms with Crippen LogP contribution in [0.2, 0.25) is 0 Å². The van der Waals surface area contributed by atoms with Gasteiger partial charge < -0.3 is 10.1 Å². The summed E-state index contributed by atoms with van der Waals surface area (Å²) in [6.07, 6.45) is 4.57. The number of alkyl halides is 3. The standard InChI is InChI=1S/C34H37F4NO/c1-3-5-10-26(9-4-2)31-14-13-27(22-32(31)35)28-19-25(20-30(21-28)34(36,37)38)23-40-24-33(15-17-39-18-16-33)29-11-7-6-8-12-29/h5-14,19-22,39H,3-4,15-18,23-24H2,1-2H3/b10-5-,26-9+. The van der Waals surface area contributed by atoms with Gasteiger partial charge in [-0.05, 0) is 90.9 Å². The van der Waals surface area contributed by atoms with Gasteiger partial charge in [-0.1, -0.05) is 74.5 Å². The molecule has 0 bridgehead atoms. The highest BCUT2D eigenvalue weighted by Gasteiger charge is 2.34. The van der Waals surface area contributed by atoms with Crippen molar-refractivity contribution in [2.75, 3.05) is 19.7 Å². The van der Waals surface area contributed by atoms with Gasteiger partial charge in [-0.15, -0.1) is 0 Å².